The third-order valence-corrected chi connectivity index (χ3v) is 4.46. The van der Waals surface area contributed by atoms with E-state index in [0.29, 0.717) is 28.4 Å². The van der Waals surface area contributed by atoms with E-state index in [1.165, 1.54) is 0 Å². The lowest BCUT2D eigenvalue weighted by molar-refractivity contribution is -0.509. The Bertz CT molecular complexity index is 875. The molecule has 0 unspecified atom stereocenters. The molecule has 0 spiro atoms. The summed E-state index contributed by atoms with van der Waals surface area (Å²) in [5.74, 6) is 0.201. The molecule has 130 valence electrons. The van der Waals surface area contributed by atoms with Crippen LogP contribution in [0.1, 0.15) is 36.9 Å². The van der Waals surface area contributed by atoms with Crippen LogP contribution in [0.25, 0.3) is 0 Å². The molecule has 2 aliphatic heterocycles. The molecule has 4 rings (SSSR count). The van der Waals surface area contributed by atoms with Crippen LogP contribution in [0.3, 0.4) is 0 Å². The first kappa shape index (κ1) is 15.4. The van der Waals surface area contributed by atoms with E-state index in [9.17, 15) is 14.9 Å². The molecule has 3 heterocycles. The quantitative estimate of drug-likeness (QED) is 0.673. The third kappa shape index (κ3) is 2.31. The number of anilines is 1. The van der Waals surface area contributed by atoms with E-state index in [1.54, 1.807) is 29.1 Å². The average Bonchev–Trinajstić information content (AvgIpc) is 3.18. The minimum Gasteiger partial charge on any atom is -0.454 e. The van der Waals surface area contributed by atoms with E-state index >= 15 is 0 Å². The highest BCUT2D eigenvalue weighted by atomic mass is 16.7. The Morgan fingerprint density at radius 3 is 2.84 bits per heavy atom. The molecule has 2 atom stereocenters. The Morgan fingerprint density at radius 1 is 1.36 bits per heavy atom. The molecule has 1 N–H and O–H groups in total. The predicted octanol–water partition coefficient (Wildman–Crippen LogP) is 1.92. The Morgan fingerprint density at radius 2 is 2.12 bits per heavy atom. The second-order valence-corrected chi connectivity index (χ2v) is 6.30. The lowest BCUT2D eigenvalue weighted by atomic mass is 9.83. The monoisotopic (exact) mass is 344 g/mol. The van der Waals surface area contributed by atoms with Gasteiger partial charge in [-0.3, -0.25) is 14.9 Å². The number of ether oxygens (including phenoxy) is 2. The summed E-state index contributed by atoms with van der Waals surface area (Å²) in [6.45, 7) is 3.96. The number of rotatable bonds is 3. The molecule has 9 heteroatoms. The van der Waals surface area contributed by atoms with Crippen molar-refractivity contribution in [3.05, 3.63) is 45.6 Å². The average molecular weight is 344 g/mol. The Labute approximate surface area is 142 Å². The molecule has 1 amide bonds. The van der Waals surface area contributed by atoms with Gasteiger partial charge in [0, 0.05) is 16.5 Å². The summed E-state index contributed by atoms with van der Waals surface area (Å²) in [7, 11) is 0. The van der Waals surface area contributed by atoms with E-state index < -0.39 is 22.8 Å². The van der Waals surface area contributed by atoms with E-state index in [-0.39, 0.29) is 12.8 Å². The minimum atomic E-state index is -1.43. The number of aromatic nitrogens is 2. The van der Waals surface area contributed by atoms with Crippen molar-refractivity contribution in [3.63, 3.8) is 0 Å². The van der Waals surface area contributed by atoms with Crippen LogP contribution in [-0.2, 0) is 4.79 Å². The van der Waals surface area contributed by atoms with Gasteiger partial charge in [0.25, 0.3) is 0 Å². The Hall–Kier alpha value is -3.10. The first-order valence-electron chi connectivity index (χ1n) is 7.88. The molecule has 2 aromatic rings. The molecule has 0 radical (unpaired) electrons. The van der Waals surface area contributed by atoms with Crippen LogP contribution in [0.15, 0.2) is 24.4 Å². The number of nitrogens with zero attached hydrogens (tertiary/aromatic N) is 3. The molecule has 9 nitrogen and oxygen atoms in total. The standard InChI is InChI=1S/C16H16N4O5/c1-8(2)19-15-10(6-17-19)13(14(20(22)23)16(21)18-15)9-3-4-11-12(5-9)25-7-24-11/h3-6,8,13-14H,7H2,1-2H3,(H,18,21)/t13-,14+/m0/s1. The van der Waals surface area contributed by atoms with E-state index in [1.807, 2.05) is 13.8 Å². The van der Waals surface area contributed by atoms with Crippen molar-refractivity contribution >= 4 is 11.7 Å². The van der Waals surface area contributed by atoms with Crippen molar-refractivity contribution in [1.29, 1.82) is 0 Å². The highest BCUT2D eigenvalue weighted by Gasteiger charge is 2.47. The summed E-state index contributed by atoms with van der Waals surface area (Å²) in [4.78, 5) is 23.5. The van der Waals surface area contributed by atoms with Gasteiger partial charge in [0.05, 0.1) is 12.1 Å². The normalized spacial score (nSPS) is 21.2. The molecule has 0 aliphatic carbocycles. The van der Waals surface area contributed by atoms with Gasteiger partial charge in [0.1, 0.15) is 5.82 Å². The fraction of sp³-hybridized carbons (Fsp3) is 0.375. The van der Waals surface area contributed by atoms with Crippen LogP contribution < -0.4 is 14.8 Å². The Kier molecular flexibility index (Phi) is 3.38. The van der Waals surface area contributed by atoms with Crippen molar-refractivity contribution in [1.82, 2.24) is 9.78 Å². The van der Waals surface area contributed by atoms with Crippen molar-refractivity contribution in [3.8, 4) is 11.5 Å². The van der Waals surface area contributed by atoms with Crippen LogP contribution in [0.5, 0.6) is 11.5 Å². The van der Waals surface area contributed by atoms with Crippen LogP contribution in [0, 0.1) is 10.1 Å². The molecule has 1 aromatic carbocycles. The number of hydrogen-bond acceptors (Lipinski definition) is 6. The number of benzene rings is 1. The van der Waals surface area contributed by atoms with E-state index in [4.69, 9.17) is 9.47 Å². The van der Waals surface area contributed by atoms with Crippen molar-refractivity contribution in [2.45, 2.75) is 31.8 Å². The van der Waals surface area contributed by atoms with E-state index in [2.05, 4.69) is 10.4 Å². The zero-order valence-electron chi connectivity index (χ0n) is 13.6. The van der Waals surface area contributed by atoms with Crippen molar-refractivity contribution in [2.24, 2.45) is 0 Å². The summed E-state index contributed by atoms with van der Waals surface area (Å²) in [6, 6.07) is 3.70. The van der Waals surface area contributed by atoms with Crippen LogP contribution in [0.2, 0.25) is 0 Å². The molecule has 25 heavy (non-hydrogen) atoms. The third-order valence-electron chi connectivity index (χ3n) is 4.46. The minimum absolute atomic E-state index is 0.00797. The number of carbonyl (C=O) groups is 1. The summed E-state index contributed by atoms with van der Waals surface area (Å²) in [5.41, 5.74) is 1.24. The summed E-state index contributed by atoms with van der Waals surface area (Å²) in [6.07, 6.45) is 1.58. The number of hydrogen-bond donors (Lipinski definition) is 1. The molecule has 0 saturated carbocycles. The van der Waals surface area contributed by atoms with Crippen molar-refractivity contribution in [2.75, 3.05) is 12.1 Å². The SMILES string of the molecule is CC(C)n1ncc2c1NC(=O)[C@H]([N+](=O)[O-])[C@H]2c1ccc2c(c1)OCO2. The second-order valence-electron chi connectivity index (χ2n) is 6.30. The molecule has 2 aliphatic rings. The van der Waals surface area contributed by atoms with Gasteiger partial charge >= 0.3 is 11.9 Å². The maximum Gasteiger partial charge on any atom is 0.301 e. The summed E-state index contributed by atoms with van der Waals surface area (Å²) in [5, 5.41) is 18.5. The molecular formula is C16H16N4O5. The Balaban J connectivity index is 1.88. The summed E-state index contributed by atoms with van der Waals surface area (Å²) < 4.78 is 12.3. The molecule has 0 saturated heterocycles. The topological polar surface area (TPSA) is 109 Å². The lowest BCUT2D eigenvalue weighted by Gasteiger charge is -2.27. The maximum absolute atomic E-state index is 12.4. The highest BCUT2D eigenvalue weighted by molar-refractivity contribution is 5.98. The smallest absolute Gasteiger partial charge is 0.301 e. The lowest BCUT2D eigenvalue weighted by Crippen LogP contribution is -2.44. The molecule has 0 bridgehead atoms. The fourth-order valence-electron chi connectivity index (χ4n) is 3.32. The molecule has 1 aromatic heterocycles. The van der Waals surface area contributed by atoms with E-state index in [0.717, 1.165) is 0 Å². The van der Waals surface area contributed by atoms with Gasteiger partial charge in [-0.05, 0) is 31.5 Å². The second kappa shape index (κ2) is 5.47. The number of carbonyl (C=O) groups excluding carboxylic acids is 1. The van der Waals surface area contributed by atoms with Gasteiger partial charge in [-0.1, -0.05) is 6.07 Å². The number of nitrogens with one attached hydrogen (secondary N) is 1. The largest absolute Gasteiger partial charge is 0.454 e. The zero-order chi connectivity index (χ0) is 17.7. The number of fused-ring (bicyclic) bond motifs is 2. The van der Waals surface area contributed by atoms with Gasteiger partial charge in [-0.15, -0.1) is 0 Å². The van der Waals surface area contributed by atoms with Crippen LogP contribution >= 0.6 is 0 Å². The van der Waals surface area contributed by atoms with Gasteiger partial charge in [0.2, 0.25) is 6.79 Å². The zero-order valence-corrected chi connectivity index (χ0v) is 13.6. The van der Waals surface area contributed by atoms with Gasteiger partial charge in [0.15, 0.2) is 11.5 Å². The fourth-order valence-corrected chi connectivity index (χ4v) is 3.32. The first-order chi connectivity index (χ1) is 12.0. The summed E-state index contributed by atoms with van der Waals surface area (Å²) >= 11 is 0. The van der Waals surface area contributed by atoms with Gasteiger partial charge in [-0.2, -0.15) is 5.10 Å². The first-order valence-corrected chi connectivity index (χ1v) is 7.88. The highest BCUT2D eigenvalue weighted by Crippen LogP contribution is 2.42. The molecular weight excluding hydrogens is 328 g/mol. The molecule has 0 fully saturated rings. The van der Waals surface area contributed by atoms with Crippen molar-refractivity contribution < 1.29 is 19.2 Å². The maximum atomic E-state index is 12.4. The number of amides is 1. The van der Waals surface area contributed by atoms with Gasteiger partial charge < -0.3 is 14.8 Å². The van der Waals surface area contributed by atoms with Gasteiger partial charge in [-0.25, -0.2) is 4.68 Å². The number of nitro groups is 1. The van der Waals surface area contributed by atoms with Crippen LogP contribution in [0.4, 0.5) is 5.82 Å². The predicted molar refractivity (Wildman–Crippen MR) is 86.4 cm³/mol. The van der Waals surface area contributed by atoms with Crippen LogP contribution in [-0.4, -0.2) is 33.4 Å².